The zero-order valence-corrected chi connectivity index (χ0v) is 24.7. The summed E-state index contributed by atoms with van der Waals surface area (Å²) in [5.41, 5.74) is 2.27. The molecular formula is C30H50N4O2S2. The number of hydrogen-bond donors (Lipinski definition) is 6. The predicted octanol–water partition coefficient (Wildman–Crippen LogP) is 5.66. The lowest BCUT2D eigenvalue weighted by molar-refractivity contribution is 0.473. The monoisotopic (exact) mass is 562 g/mol. The smallest absolute Gasteiger partial charge is 0.115 e. The molecule has 0 aromatic heterocycles. The Morgan fingerprint density at radius 3 is 1.26 bits per heavy atom. The summed E-state index contributed by atoms with van der Waals surface area (Å²) in [6.45, 7) is 8.15. The molecule has 2 aromatic rings. The highest BCUT2D eigenvalue weighted by atomic mass is 33.1. The lowest BCUT2D eigenvalue weighted by Gasteiger charge is -2.07. The second-order valence-electron chi connectivity index (χ2n) is 9.67. The van der Waals surface area contributed by atoms with Gasteiger partial charge in [-0.2, -0.15) is 0 Å². The molecule has 6 N–H and O–H groups in total. The van der Waals surface area contributed by atoms with E-state index in [1.807, 2.05) is 58.0 Å². The second-order valence-corrected chi connectivity index (χ2v) is 12.4. The van der Waals surface area contributed by atoms with Gasteiger partial charge in [0.2, 0.25) is 0 Å². The van der Waals surface area contributed by atoms with Crippen molar-refractivity contribution < 1.29 is 10.2 Å². The normalized spacial score (nSPS) is 11.3. The maximum Gasteiger partial charge on any atom is 0.115 e. The SMILES string of the molecule is Oc1cccc(CNCCCCCCNCCSSCCNCCCCCCNCc2cccc(O)c2)c1. The molecule has 2 rings (SSSR count). The number of hydrogen-bond acceptors (Lipinski definition) is 8. The summed E-state index contributed by atoms with van der Waals surface area (Å²) >= 11 is 0. The molecule has 0 aliphatic carbocycles. The number of unbranched alkanes of at least 4 members (excludes halogenated alkanes) is 6. The lowest BCUT2D eigenvalue weighted by atomic mass is 10.2. The first-order chi connectivity index (χ1) is 18.7. The molecule has 0 saturated carbocycles. The number of nitrogens with one attached hydrogen (secondary N) is 4. The predicted molar refractivity (Wildman–Crippen MR) is 167 cm³/mol. The highest BCUT2D eigenvalue weighted by Gasteiger charge is 1.97. The Bertz CT molecular complexity index is 761. The topological polar surface area (TPSA) is 88.6 Å². The molecule has 0 heterocycles. The van der Waals surface area contributed by atoms with Crippen molar-refractivity contribution >= 4 is 21.6 Å². The Balaban J connectivity index is 1.20. The molecule has 0 spiro atoms. The van der Waals surface area contributed by atoms with Crippen molar-refractivity contribution in [2.45, 2.75) is 64.5 Å². The average molecular weight is 563 g/mol. The summed E-state index contributed by atoms with van der Waals surface area (Å²) in [5.74, 6) is 3.02. The van der Waals surface area contributed by atoms with Crippen LogP contribution >= 0.6 is 21.6 Å². The van der Waals surface area contributed by atoms with Gasteiger partial charge in [0.15, 0.2) is 0 Å². The Morgan fingerprint density at radius 1 is 0.474 bits per heavy atom. The van der Waals surface area contributed by atoms with E-state index in [1.54, 1.807) is 12.1 Å². The molecule has 2 aromatic carbocycles. The van der Waals surface area contributed by atoms with E-state index in [9.17, 15) is 10.2 Å². The molecule has 0 amide bonds. The van der Waals surface area contributed by atoms with Crippen LogP contribution < -0.4 is 21.3 Å². The maximum absolute atomic E-state index is 9.48. The molecule has 0 radical (unpaired) electrons. The van der Waals surface area contributed by atoms with Crippen LogP contribution in [0.1, 0.15) is 62.5 Å². The number of phenols is 2. The summed E-state index contributed by atoms with van der Waals surface area (Å²) in [6, 6.07) is 14.9. The van der Waals surface area contributed by atoms with E-state index < -0.39 is 0 Å². The first-order valence-electron chi connectivity index (χ1n) is 14.4. The number of aromatic hydroxyl groups is 2. The summed E-state index contributed by atoms with van der Waals surface area (Å²) in [5, 5.41) is 33.0. The summed E-state index contributed by atoms with van der Waals surface area (Å²) < 4.78 is 0. The van der Waals surface area contributed by atoms with Gasteiger partial charge in [-0.3, -0.25) is 0 Å². The minimum absolute atomic E-state index is 0.340. The van der Waals surface area contributed by atoms with E-state index >= 15 is 0 Å². The highest BCUT2D eigenvalue weighted by molar-refractivity contribution is 8.76. The Morgan fingerprint density at radius 2 is 0.868 bits per heavy atom. The van der Waals surface area contributed by atoms with Crippen molar-refractivity contribution in [3.8, 4) is 11.5 Å². The summed E-state index contributed by atoms with van der Waals surface area (Å²) in [6.07, 6.45) is 10.0. The third-order valence-electron chi connectivity index (χ3n) is 6.20. The number of rotatable bonds is 25. The van der Waals surface area contributed by atoms with Gasteiger partial charge in [-0.1, -0.05) is 71.5 Å². The molecule has 0 saturated heterocycles. The Hall–Kier alpha value is -1.42. The zero-order valence-electron chi connectivity index (χ0n) is 23.1. The van der Waals surface area contributed by atoms with Crippen LogP contribution in [-0.4, -0.2) is 61.0 Å². The van der Waals surface area contributed by atoms with Crippen LogP contribution in [0.15, 0.2) is 48.5 Å². The molecular weight excluding hydrogens is 512 g/mol. The van der Waals surface area contributed by atoms with Crippen LogP contribution in [0.2, 0.25) is 0 Å². The van der Waals surface area contributed by atoms with Gasteiger partial charge in [0, 0.05) is 37.7 Å². The van der Waals surface area contributed by atoms with Gasteiger partial charge in [0.25, 0.3) is 0 Å². The lowest BCUT2D eigenvalue weighted by Crippen LogP contribution is -2.19. The molecule has 38 heavy (non-hydrogen) atoms. The Labute approximate surface area is 238 Å². The molecule has 0 atom stereocenters. The fourth-order valence-corrected chi connectivity index (χ4v) is 6.00. The largest absolute Gasteiger partial charge is 0.508 e. The molecule has 0 unspecified atom stereocenters. The van der Waals surface area contributed by atoms with Crippen molar-refractivity contribution in [3.05, 3.63) is 59.7 Å². The number of benzene rings is 2. The fraction of sp³-hybridized carbons (Fsp3) is 0.600. The Kier molecular flexibility index (Phi) is 20.2. The van der Waals surface area contributed by atoms with Gasteiger partial charge < -0.3 is 31.5 Å². The van der Waals surface area contributed by atoms with Gasteiger partial charge in [-0.15, -0.1) is 0 Å². The first-order valence-corrected chi connectivity index (χ1v) is 16.9. The molecule has 0 aliphatic rings. The van der Waals surface area contributed by atoms with Gasteiger partial charge in [0.1, 0.15) is 11.5 Å². The molecule has 0 aliphatic heterocycles. The van der Waals surface area contributed by atoms with Gasteiger partial charge >= 0.3 is 0 Å². The van der Waals surface area contributed by atoms with Crippen LogP contribution in [0.4, 0.5) is 0 Å². The fourth-order valence-electron chi connectivity index (χ4n) is 4.10. The summed E-state index contributed by atoms with van der Waals surface area (Å²) in [4.78, 5) is 0. The van der Waals surface area contributed by atoms with E-state index in [2.05, 4.69) is 21.3 Å². The number of phenolic OH excluding ortho intramolecular Hbond substituents is 2. The van der Waals surface area contributed by atoms with Crippen molar-refractivity contribution in [1.29, 1.82) is 0 Å². The summed E-state index contributed by atoms with van der Waals surface area (Å²) in [7, 11) is 3.96. The van der Waals surface area contributed by atoms with E-state index in [-0.39, 0.29) is 0 Å². The van der Waals surface area contributed by atoms with Crippen molar-refractivity contribution in [2.24, 2.45) is 0 Å². The van der Waals surface area contributed by atoms with E-state index in [0.717, 1.165) is 63.5 Å². The highest BCUT2D eigenvalue weighted by Crippen LogP contribution is 2.19. The van der Waals surface area contributed by atoms with Gasteiger partial charge in [-0.25, -0.2) is 0 Å². The molecule has 0 bridgehead atoms. The molecule has 6 nitrogen and oxygen atoms in total. The van der Waals surface area contributed by atoms with Crippen molar-refractivity contribution in [3.63, 3.8) is 0 Å². The van der Waals surface area contributed by atoms with Crippen LogP contribution in [0, 0.1) is 0 Å². The van der Waals surface area contributed by atoms with Crippen LogP contribution in [0.25, 0.3) is 0 Å². The van der Waals surface area contributed by atoms with Crippen molar-refractivity contribution in [2.75, 3.05) is 50.8 Å². The molecule has 8 heteroatoms. The maximum atomic E-state index is 9.48. The van der Waals surface area contributed by atoms with Crippen LogP contribution in [-0.2, 0) is 13.1 Å². The van der Waals surface area contributed by atoms with Gasteiger partial charge in [-0.05, 0) is 87.3 Å². The van der Waals surface area contributed by atoms with E-state index in [0.29, 0.717) is 11.5 Å². The van der Waals surface area contributed by atoms with E-state index in [1.165, 1.54) is 62.9 Å². The average Bonchev–Trinajstić information content (AvgIpc) is 2.91. The molecule has 214 valence electrons. The third-order valence-corrected chi connectivity index (χ3v) is 8.61. The van der Waals surface area contributed by atoms with Crippen LogP contribution in [0.5, 0.6) is 11.5 Å². The van der Waals surface area contributed by atoms with E-state index in [4.69, 9.17) is 0 Å². The van der Waals surface area contributed by atoms with Gasteiger partial charge in [0.05, 0.1) is 0 Å². The zero-order chi connectivity index (χ0) is 26.9. The van der Waals surface area contributed by atoms with Crippen LogP contribution in [0.3, 0.4) is 0 Å². The second kappa shape index (κ2) is 23.5. The quantitative estimate of drug-likeness (QED) is 0.0683. The van der Waals surface area contributed by atoms with Crippen molar-refractivity contribution in [1.82, 2.24) is 21.3 Å². The standard InChI is InChI=1S/C30H50N4O2S2/c35-29-13-9-11-27(23-29)25-33-17-7-3-1-5-15-31-19-21-37-38-22-20-32-16-6-2-4-8-18-34-26-28-12-10-14-30(36)24-28/h9-14,23-24,31-36H,1-8,15-22,25-26H2. The minimum atomic E-state index is 0.340. The minimum Gasteiger partial charge on any atom is -0.508 e. The molecule has 0 fully saturated rings. The first kappa shape index (κ1) is 32.8. The third kappa shape index (κ3) is 18.8.